The minimum absolute atomic E-state index is 0.131. The Kier molecular flexibility index (Phi) is 7.17. The third-order valence-electron chi connectivity index (χ3n) is 3.10. The van der Waals surface area contributed by atoms with Crippen LogP contribution in [-0.4, -0.2) is 30.3 Å². The molecule has 0 aliphatic carbocycles. The van der Waals surface area contributed by atoms with E-state index in [4.69, 9.17) is 0 Å². The quantitative estimate of drug-likeness (QED) is 0.676. The molecular weight excluding hydrogens is 297 g/mol. The minimum Gasteiger partial charge on any atom is -0.393 e. The first-order valence-electron chi connectivity index (χ1n) is 7.12. The molecule has 2 atom stereocenters. The van der Waals surface area contributed by atoms with E-state index in [9.17, 15) is 23.1 Å². The van der Waals surface area contributed by atoms with Crippen LogP contribution < -0.4 is 10.6 Å². The highest BCUT2D eigenvalue weighted by molar-refractivity contribution is 5.73. The lowest BCUT2D eigenvalue weighted by Crippen LogP contribution is -2.39. The van der Waals surface area contributed by atoms with Gasteiger partial charge in [0.15, 0.2) is 17.5 Å². The minimum atomic E-state index is -1.50. The standard InChI is InChI=1S/C15H21F3N2O2/c1-9(5-10(2)21)8-20-15(22)19-4-3-11-6-12(16)14(18)13(17)7-11/h6-7,9-10,21H,3-5,8H2,1-2H3,(H2,19,20,22). The summed E-state index contributed by atoms with van der Waals surface area (Å²) in [6.07, 6.45) is 0.335. The number of halogens is 3. The average Bonchev–Trinajstić information content (AvgIpc) is 2.41. The Labute approximate surface area is 127 Å². The number of benzene rings is 1. The largest absolute Gasteiger partial charge is 0.393 e. The van der Waals surface area contributed by atoms with Gasteiger partial charge in [0.2, 0.25) is 0 Å². The molecule has 124 valence electrons. The van der Waals surface area contributed by atoms with Gasteiger partial charge in [0.05, 0.1) is 6.10 Å². The zero-order valence-corrected chi connectivity index (χ0v) is 12.6. The molecule has 0 aromatic heterocycles. The van der Waals surface area contributed by atoms with E-state index >= 15 is 0 Å². The van der Waals surface area contributed by atoms with Gasteiger partial charge in [-0.25, -0.2) is 18.0 Å². The molecule has 7 heteroatoms. The first kappa shape index (κ1) is 18.3. The molecule has 1 aromatic rings. The van der Waals surface area contributed by atoms with Crippen molar-refractivity contribution in [2.24, 2.45) is 5.92 Å². The maximum absolute atomic E-state index is 13.0. The summed E-state index contributed by atoms with van der Waals surface area (Å²) in [5.41, 5.74) is 0.263. The second kappa shape index (κ2) is 8.63. The van der Waals surface area contributed by atoms with E-state index < -0.39 is 29.6 Å². The van der Waals surface area contributed by atoms with Crippen molar-refractivity contribution >= 4 is 6.03 Å². The van der Waals surface area contributed by atoms with E-state index in [1.54, 1.807) is 6.92 Å². The maximum atomic E-state index is 13.0. The fourth-order valence-electron chi connectivity index (χ4n) is 2.07. The highest BCUT2D eigenvalue weighted by Gasteiger charge is 2.11. The second-order valence-electron chi connectivity index (χ2n) is 5.45. The average molecular weight is 318 g/mol. The van der Waals surface area contributed by atoms with Crippen molar-refractivity contribution in [3.05, 3.63) is 35.1 Å². The molecule has 0 saturated heterocycles. The molecule has 0 aliphatic rings. The van der Waals surface area contributed by atoms with E-state index in [2.05, 4.69) is 10.6 Å². The monoisotopic (exact) mass is 318 g/mol. The van der Waals surface area contributed by atoms with Gasteiger partial charge < -0.3 is 15.7 Å². The van der Waals surface area contributed by atoms with E-state index in [1.807, 2.05) is 6.92 Å². The van der Waals surface area contributed by atoms with Gasteiger partial charge in [-0.05, 0) is 43.4 Å². The van der Waals surface area contributed by atoms with Gasteiger partial charge in [-0.2, -0.15) is 0 Å². The summed E-state index contributed by atoms with van der Waals surface area (Å²) in [7, 11) is 0. The third kappa shape index (κ3) is 6.34. The van der Waals surface area contributed by atoms with Gasteiger partial charge in [0.25, 0.3) is 0 Å². The Morgan fingerprint density at radius 2 is 1.77 bits per heavy atom. The molecule has 3 N–H and O–H groups in total. The van der Waals surface area contributed by atoms with Crippen LogP contribution in [0.4, 0.5) is 18.0 Å². The predicted molar refractivity (Wildman–Crippen MR) is 76.9 cm³/mol. The van der Waals surface area contributed by atoms with Crippen molar-refractivity contribution in [1.82, 2.24) is 10.6 Å². The summed E-state index contributed by atoms with van der Waals surface area (Å²) in [5.74, 6) is -3.86. The van der Waals surface area contributed by atoms with Gasteiger partial charge in [0, 0.05) is 13.1 Å². The molecule has 0 saturated carbocycles. The Hall–Kier alpha value is -1.76. The number of nitrogens with one attached hydrogen (secondary N) is 2. The number of urea groups is 1. The van der Waals surface area contributed by atoms with Crippen LogP contribution in [0.3, 0.4) is 0 Å². The fourth-order valence-corrected chi connectivity index (χ4v) is 2.07. The summed E-state index contributed by atoms with van der Waals surface area (Å²) in [5, 5.41) is 14.4. The van der Waals surface area contributed by atoms with Crippen LogP contribution in [-0.2, 0) is 6.42 Å². The van der Waals surface area contributed by atoms with Crippen LogP contribution in [0.5, 0.6) is 0 Å². The van der Waals surface area contributed by atoms with Gasteiger partial charge in [-0.1, -0.05) is 6.92 Å². The Bertz CT molecular complexity index is 487. The zero-order valence-electron chi connectivity index (χ0n) is 12.6. The van der Waals surface area contributed by atoms with Crippen LogP contribution >= 0.6 is 0 Å². The van der Waals surface area contributed by atoms with Crippen LogP contribution in [0, 0.1) is 23.4 Å². The molecule has 1 aromatic carbocycles. The van der Waals surface area contributed by atoms with Crippen molar-refractivity contribution in [2.45, 2.75) is 32.8 Å². The lowest BCUT2D eigenvalue weighted by Gasteiger charge is -2.14. The first-order valence-corrected chi connectivity index (χ1v) is 7.12. The topological polar surface area (TPSA) is 61.4 Å². The van der Waals surface area contributed by atoms with Crippen molar-refractivity contribution in [3.8, 4) is 0 Å². The van der Waals surface area contributed by atoms with Crippen molar-refractivity contribution in [2.75, 3.05) is 13.1 Å². The molecule has 2 unspecified atom stereocenters. The van der Waals surface area contributed by atoms with Crippen LogP contribution in [0.1, 0.15) is 25.8 Å². The summed E-state index contributed by atoms with van der Waals surface area (Å²) in [6, 6.07) is 1.41. The lowest BCUT2D eigenvalue weighted by molar-refractivity contribution is 0.163. The van der Waals surface area contributed by atoms with Crippen molar-refractivity contribution in [1.29, 1.82) is 0 Å². The van der Waals surface area contributed by atoms with Gasteiger partial charge >= 0.3 is 6.03 Å². The van der Waals surface area contributed by atoms with E-state index in [-0.39, 0.29) is 24.4 Å². The van der Waals surface area contributed by atoms with E-state index in [1.165, 1.54) is 0 Å². The molecule has 0 radical (unpaired) electrons. The molecule has 2 amide bonds. The second-order valence-corrected chi connectivity index (χ2v) is 5.45. The summed E-state index contributed by atoms with van der Waals surface area (Å²) in [6.45, 7) is 4.16. The van der Waals surface area contributed by atoms with Crippen LogP contribution in [0.25, 0.3) is 0 Å². The normalized spacial score (nSPS) is 13.5. The van der Waals surface area contributed by atoms with Gasteiger partial charge in [0.1, 0.15) is 0 Å². The Morgan fingerprint density at radius 3 is 2.32 bits per heavy atom. The highest BCUT2D eigenvalue weighted by atomic mass is 19.2. The summed E-state index contributed by atoms with van der Waals surface area (Å²) < 4.78 is 38.8. The van der Waals surface area contributed by atoms with Gasteiger partial charge in [-0.3, -0.25) is 0 Å². The smallest absolute Gasteiger partial charge is 0.314 e. The molecule has 22 heavy (non-hydrogen) atoms. The SMILES string of the molecule is CC(O)CC(C)CNC(=O)NCCc1cc(F)c(F)c(F)c1. The van der Waals surface area contributed by atoms with Gasteiger partial charge in [-0.15, -0.1) is 0 Å². The Morgan fingerprint density at radius 1 is 1.18 bits per heavy atom. The van der Waals surface area contributed by atoms with Crippen LogP contribution in [0.15, 0.2) is 12.1 Å². The first-order chi connectivity index (χ1) is 10.3. The third-order valence-corrected chi connectivity index (χ3v) is 3.10. The van der Waals surface area contributed by atoms with Crippen molar-refractivity contribution in [3.63, 3.8) is 0 Å². The number of carbonyl (C=O) groups is 1. The molecule has 0 heterocycles. The van der Waals surface area contributed by atoms with Crippen molar-refractivity contribution < 1.29 is 23.1 Å². The zero-order chi connectivity index (χ0) is 16.7. The molecular formula is C15H21F3N2O2. The summed E-state index contributed by atoms with van der Waals surface area (Å²) >= 11 is 0. The maximum Gasteiger partial charge on any atom is 0.314 e. The molecule has 1 rings (SSSR count). The fraction of sp³-hybridized carbons (Fsp3) is 0.533. The molecule has 0 aliphatic heterocycles. The highest BCUT2D eigenvalue weighted by Crippen LogP contribution is 2.13. The molecule has 0 spiro atoms. The number of rotatable bonds is 7. The van der Waals surface area contributed by atoms with E-state index in [0.29, 0.717) is 13.0 Å². The number of aliphatic hydroxyl groups excluding tert-OH is 1. The molecule has 4 nitrogen and oxygen atoms in total. The number of carbonyl (C=O) groups excluding carboxylic acids is 1. The number of hydrogen-bond donors (Lipinski definition) is 3. The number of aliphatic hydroxyl groups is 1. The predicted octanol–water partition coefficient (Wildman–Crippen LogP) is 2.35. The van der Waals surface area contributed by atoms with Crippen LogP contribution in [0.2, 0.25) is 0 Å². The number of hydrogen-bond acceptors (Lipinski definition) is 2. The Balaban J connectivity index is 2.31. The lowest BCUT2D eigenvalue weighted by atomic mass is 10.1. The molecule has 0 fully saturated rings. The molecule has 0 bridgehead atoms. The summed E-state index contributed by atoms with van der Waals surface area (Å²) in [4.78, 5) is 11.5. The van der Waals surface area contributed by atoms with E-state index in [0.717, 1.165) is 12.1 Å². The number of amides is 2.